The molecule has 0 aliphatic rings. The van der Waals surface area contributed by atoms with Gasteiger partial charge >= 0.3 is 0 Å². The first kappa shape index (κ1) is 12.8. The van der Waals surface area contributed by atoms with Crippen molar-refractivity contribution in [2.45, 2.75) is 12.8 Å². The molecule has 0 N–H and O–H groups in total. The zero-order valence-corrected chi connectivity index (χ0v) is 9.25. The zero-order chi connectivity index (χ0) is 10.6. The first-order chi connectivity index (χ1) is 5.78. The van der Waals surface area contributed by atoms with Gasteiger partial charge < -0.3 is 4.52 Å². The van der Waals surface area contributed by atoms with E-state index in [1.165, 1.54) is 0 Å². The molecule has 78 valence electrons. The third-order valence-corrected chi connectivity index (χ3v) is 3.12. The van der Waals surface area contributed by atoms with Crippen molar-refractivity contribution < 1.29 is 26.5 Å². The molecule has 0 aromatic carbocycles. The topological polar surface area (TPSA) is 86.7 Å². The second-order valence-electron chi connectivity index (χ2n) is 2.31. The van der Waals surface area contributed by atoms with Crippen LogP contribution in [-0.2, 0) is 28.2 Å². The number of Topliss-reactive ketones (excluding diaryl/α,β-unsaturated/α-hetero) is 1. The van der Waals surface area contributed by atoms with Crippen LogP contribution in [0, 0.1) is 0 Å². The van der Waals surface area contributed by atoms with Gasteiger partial charge in [0.1, 0.15) is 0 Å². The average molecular weight is 230 g/mol. The first-order valence-corrected chi connectivity index (χ1v) is 6.45. The third-order valence-electron chi connectivity index (χ3n) is 1.06. The lowest BCUT2D eigenvalue weighted by molar-refractivity contribution is -0.120. The van der Waals surface area contributed by atoms with Gasteiger partial charge in [0.25, 0.3) is 10.1 Å². The maximum atomic E-state index is 11.0. The Bertz CT molecular complexity index is 307. The quantitative estimate of drug-likeness (QED) is 0.488. The highest BCUT2D eigenvalue weighted by Crippen LogP contribution is 2.30. The molecule has 0 amide bonds. The first-order valence-electron chi connectivity index (χ1n) is 3.24. The summed E-state index contributed by atoms with van der Waals surface area (Å²) in [5, 5.41) is 0. The summed E-state index contributed by atoms with van der Waals surface area (Å²) in [6.45, 7) is 1.08. The minimum Gasteiger partial charge on any atom is -0.332 e. The van der Waals surface area contributed by atoms with Gasteiger partial charge in [-0.25, -0.2) is 4.18 Å². The lowest BCUT2D eigenvalue weighted by Crippen LogP contribution is -2.21. The van der Waals surface area contributed by atoms with Gasteiger partial charge in [-0.2, -0.15) is 8.42 Å². The number of hydrogen-bond acceptors (Lipinski definition) is 6. The van der Waals surface area contributed by atoms with Gasteiger partial charge in [0, 0.05) is 7.11 Å². The molecule has 0 aliphatic heterocycles. The summed E-state index contributed by atoms with van der Waals surface area (Å²) >= 11 is 0. The smallest absolute Gasteiger partial charge is 0.265 e. The lowest BCUT2D eigenvalue weighted by atomic mass is 10.5. The molecule has 0 saturated carbocycles. The number of carbonyl (C=O) groups excluding carboxylic acids is 1. The predicted molar refractivity (Wildman–Crippen MR) is 46.4 cm³/mol. The molecule has 0 rings (SSSR count). The third kappa shape index (κ3) is 5.15. The summed E-state index contributed by atoms with van der Waals surface area (Å²) in [7, 11) is -5.49. The van der Waals surface area contributed by atoms with Crippen molar-refractivity contribution in [3.05, 3.63) is 0 Å². The van der Waals surface area contributed by atoms with Crippen LogP contribution in [0.4, 0.5) is 0 Å². The van der Waals surface area contributed by atoms with Crippen LogP contribution in [0.5, 0.6) is 0 Å². The Balaban J connectivity index is 4.65. The highest BCUT2D eigenvalue weighted by atomic mass is 32.2. The maximum Gasteiger partial charge on any atom is 0.265 e. The van der Waals surface area contributed by atoms with E-state index in [1.54, 1.807) is 0 Å². The van der Waals surface area contributed by atoms with E-state index in [2.05, 4.69) is 8.71 Å². The van der Waals surface area contributed by atoms with E-state index in [9.17, 15) is 17.8 Å². The Morgan fingerprint density at radius 2 is 1.92 bits per heavy atom. The van der Waals surface area contributed by atoms with E-state index in [-0.39, 0.29) is 0 Å². The summed E-state index contributed by atoms with van der Waals surface area (Å²) in [4.78, 5) is 10.8. The number of carbonyl (C=O) groups is 1. The maximum absolute atomic E-state index is 11.0. The van der Waals surface area contributed by atoms with Gasteiger partial charge in [0.2, 0.25) is 13.9 Å². The molecular weight excluding hydrogens is 219 g/mol. The highest BCUT2D eigenvalue weighted by Gasteiger charge is 2.26. The van der Waals surface area contributed by atoms with Gasteiger partial charge in [0.15, 0.2) is 5.78 Å². The Kier molecular flexibility index (Phi) is 4.77. The molecule has 0 saturated heterocycles. The summed E-state index contributed by atoms with van der Waals surface area (Å²) in [5.74, 6) is -2.15. The second kappa shape index (κ2) is 4.85. The van der Waals surface area contributed by atoms with Crippen molar-refractivity contribution in [1.29, 1.82) is 0 Å². The molecule has 0 aromatic heterocycles. The summed E-state index contributed by atoms with van der Waals surface area (Å²) in [5.41, 5.74) is 0. The van der Waals surface area contributed by atoms with Crippen molar-refractivity contribution in [3.8, 4) is 0 Å². The standard InChI is InChI=1S/C5H11O6PS/c1-4(6)5(12(7)10-2)11-13(3,8)9/h5,12H,1-3H3. The summed E-state index contributed by atoms with van der Waals surface area (Å²) in [6, 6.07) is 0. The van der Waals surface area contributed by atoms with Gasteiger partial charge in [-0.1, -0.05) is 0 Å². The van der Waals surface area contributed by atoms with E-state index >= 15 is 0 Å². The van der Waals surface area contributed by atoms with E-state index in [0.29, 0.717) is 0 Å². The van der Waals surface area contributed by atoms with E-state index in [1.807, 2.05) is 0 Å². The molecule has 2 unspecified atom stereocenters. The number of ketones is 1. The molecule has 0 fully saturated rings. The molecule has 0 spiro atoms. The Labute approximate surface area is 77.2 Å². The number of rotatable bonds is 5. The molecule has 6 nitrogen and oxygen atoms in total. The van der Waals surface area contributed by atoms with Gasteiger partial charge in [-0.05, 0) is 6.92 Å². The fourth-order valence-electron chi connectivity index (χ4n) is 0.555. The van der Waals surface area contributed by atoms with Gasteiger partial charge in [0.05, 0.1) is 6.26 Å². The Morgan fingerprint density at radius 1 is 1.46 bits per heavy atom. The van der Waals surface area contributed by atoms with Crippen LogP contribution in [0.3, 0.4) is 0 Å². The van der Waals surface area contributed by atoms with E-state index in [0.717, 1.165) is 20.3 Å². The summed E-state index contributed by atoms with van der Waals surface area (Å²) < 4.78 is 40.8. The van der Waals surface area contributed by atoms with Crippen LogP contribution in [-0.4, -0.2) is 33.4 Å². The van der Waals surface area contributed by atoms with Crippen LogP contribution in [0.2, 0.25) is 0 Å². The molecular formula is C5H11O6PS. The van der Waals surface area contributed by atoms with E-state index < -0.39 is 29.8 Å². The molecule has 2 atom stereocenters. The van der Waals surface area contributed by atoms with Crippen LogP contribution in [0.25, 0.3) is 0 Å². The molecule has 13 heavy (non-hydrogen) atoms. The summed E-state index contributed by atoms with van der Waals surface area (Å²) in [6.07, 6.45) is 0.772. The second-order valence-corrected chi connectivity index (χ2v) is 5.49. The SMILES string of the molecule is CO[PH](=O)C(OS(C)(=O)=O)C(C)=O. The monoisotopic (exact) mass is 230 g/mol. The van der Waals surface area contributed by atoms with Gasteiger partial charge in [-0.15, -0.1) is 0 Å². The normalized spacial score (nSPS) is 16.5. The van der Waals surface area contributed by atoms with E-state index in [4.69, 9.17) is 0 Å². The molecule has 0 bridgehead atoms. The van der Waals surface area contributed by atoms with Crippen molar-refractivity contribution >= 4 is 23.9 Å². The lowest BCUT2D eigenvalue weighted by Gasteiger charge is -2.10. The van der Waals surface area contributed by atoms with Crippen molar-refractivity contribution in [1.82, 2.24) is 0 Å². The highest BCUT2D eigenvalue weighted by molar-refractivity contribution is 7.86. The van der Waals surface area contributed by atoms with Crippen LogP contribution in [0.1, 0.15) is 6.92 Å². The Morgan fingerprint density at radius 3 is 2.15 bits per heavy atom. The minimum atomic E-state index is -3.80. The Hall–Kier alpha value is -0.230. The predicted octanol–water partition coefficient (Wildman–Crippen LogP) is -0.00120. The zero-order valence-electron chi connectivity index (χ0n) is 7.44. The van der Waals surface area contributed by atoms with Crippen molar-refractivity contribution in [2.75, 3.05) is 13.4 Å². The molecule has 0 aromatic rings. The fourth-order valence-corrected chi connectivity index (χ4v) is 2.42. The molecule has 8 heteroatoms. The van der Waals surface area contributed by atoms with Crippen molar-refractivity contribution in [3.63, 3.8) is 0 Å². The number of hydrogen-bond donors (Lipinski definition) is 0. The fraction of sp³-hybridized carbons (Fsp3) is 0.800. The van der Waals surface area contributed by atoms with Crippen molar-refractivity contribution in [2.24, 2.45) is 0 Å². The average Bonchev–Trinajstić information content (AvgIpc) is 1.96. The molecule has 0 radical (unpaired) electrons. The molecule has 0 aliphatic carbocycles. The van der Waals surface area contributed by atoms with Crippen LogP contribution >= 0.6 is 8.03 Å². The minimum absolute atomic E-state index is 0.642. The largest absolute Gasteiger partial charge is 0.332 e. The van der Waals surface area contributed by atoms with Gasteiger partial charge in [-0.3, -0.25) is 9.36 Å². The molecule has 0 heterocycles. The van der Waals surface area contributed by atoms with Crippen LogP contribution < -0.4 is 0 Å². The van der Waals surface area contributed by atoms with Crippen LogP contribution in [0.15, 0.2) is 0 Å².